The molecule has 0 saturated heterocycles. The zero-order chi connectivity index (χ0) is 11.2. The number of rotatable bonds is 4. The van der Waals surface area contributed by atoms with E-state index in [1.807, 2.05) is 18.2 Å². The fraction of sp³-hybridized carbons (Fsp3) is 0.143. The number of nitrogens with one attached hydrogen (secondary N) is 1. The first-order chi connectivity index (χ1) is 7.84. The number of benzene rings is 2. The summed E-state index contributed by atoms with van der Waals surface area (Å²) in [6.45, 7) is 0.959. The van der Waals surface area contributed by atoms with Crippen LogP contribution in [0.25, 0.3) is 0 Å². The first kappa shape index (κ1) is 11.2. The quantitative estimate of drug-likeness (QED) is 0.886. The molecule has 1 N–H and O–H groups in total. The van der Waals surface area contributed by atoms with Gasteiger partial charge in [-0.05, 0) is 30.2 Å². The molecular weight excluding hydrogens is 262 g/mol. The standard InChI is InChI=1S/C14H14BrN/c15-13-7-4-8-14(11-13)16-10-9-12-5-2-1-3-6-12/h1-8,11,16H,9-10H2. The molecule has 2 heteroatoms. The summed E-state index contributed by atoms with van der Waals surface area (Å²) < 4.78 is 1.11. The zero-order valence-corrected chi connectivity index (χ0v) is 10.6. The van der Waals surface area contributed by atoms with Crippen LogP contribution in [0.1, 0.15) is 5.56 Å². The van der Waals surface area contributed by atoms with Crippen molar-refractivity contribution in [2.45, 2.75) is 6.42 Å². The second-order valence-corrected chi connectivity index (χ2v) is 4.59. The largest absolute Gasteiger partial charge is 0.385 e. The summed E-state index contributed by atoms with van der Waals surface area (Å²) in [5.74, 6) is 0. The van der Waals surface area contributed by atoms with Crippen molar-refractivity contribution < 1.29 is 0 Å². The molecule has 2 aromatic rings. The third-order valence-corrected chi connectivity index (χ3v) is 2.90. The molecule has 16 heavy (non-hydrogen) atoms. The van der Waals surface area contributed by atoms with E-state index in [9.17, 15) is 0 Å². The van der Waals surface area contributed by atoms with Gasteiger partial charge in [0.05, 0.1) is 0 Å². The highest BCUT2D eigenvalue weighted by molar-refractivity contribution is 9.10. The highest BCUT2D eigenvalue weighted by atomic mass is 79.9. The number of hydrogen-bond donors (Lipinski definition) is 1. The lowest BCUT2D eigenvalue weighted by Gasteiger charge is -2.06. The van der Waals surface area contributed by atoms with Gasteiger partial charge in [0.15, 0.2) is 0 Å². The van der Waals surface area contributed by atoms with Gasteiger partial charge < -0.3 is 5.32 Å². The van der Waals surface area contributed by atoms with Crippen LogP contribution in [-0.4, -0.2) is 6.54 Å². The van der Waals surface area contributed by atoms with Crippen molar-refractivity contribution in [2.24, 2.45) is 0 Å². The van der Waals surface area contributed by atoms with Gasteiger partial charge in [0, 0.05) is 16.7 Å². The minimum atomic E-state index is 0.959. The maximum atomic E-state index is 3.46. The Morgan fingerprint density at radius 1 is 0.938 bits per heavy atom. The maximum absolute atomic E-state index is 3.46. The van der Waals surface area contributed by atoms with Gasteiger partial charge in [-0.3, -0.25) is 0 Å². The van der Waals surface area contributed by atoms with Crippen molar-refractivity contribution in [2.75, 3.05) is 11.9 Å². The molecule has 0 unspecified atom stereocenters. The fourth-order valence-corrected chi connectivity index (χ4v) is 1.99. The van der Waals surface area contributed by atoms with E-state index in [-0.39, 0.29) is 0 Å². The van der Waals surface area contributed by atoms with Gasteiger partial charge in [0.2, 0.25) is 0 Å². The lowest BCUT2D eigenvalue weighted by Crippen LogP contribution is -2.04. The van der Waals surface area contributed by atoms with Gasteiger partial charge in [0.25, 0.3) is 0 Å². The maximum Gasteiger partial charge on any atom is 0.0351 e. The Labute approximate surface area is 105 Å². The molecule has 0 radical (unpaired) electrons. The van der Waals surface area contributed by atoms with Crippen molar-refractivity contribution in [3.8, 4) is 0 Å². The van der Waals surface area contributed by atoms with E-state index < -0.39 is 0 Å². The van der Waals surface area contributed by atoms with Gasteiger partial charge in [-0.1, -0.05) is 52.3 Å². The summed E-state index contributed by atoms with van der Waals surface area (Å²) >= 11 is 3.46. The molecule has 2 aromatic carbocycles. The second-order valence-electron chi connectivity index (χ2n) is 3.67. The van der Waals surface area contributed by atoms with Crippen LogP contribution in [0.3, 0.4) is 0 Å². The fourth-order valence-electron chi connectivity index (χ4n) is 1.59. The average molecular weight is 276 g/mol. The molecule has 0 saturated carbocycles. The topological polar surface area (TPSA) is 12.0 Å². The Hall–Kier alpha value is -1.28. The molecule has 0 heterocycles. The van der Waals surface area contributed by atoms with Gasteiger partial charge >= 0.3 is 0 Å². The molecule has 1 nitrogen and oxygen atoms in total. The third kappa shape index (κ3) is 3.38. The van der Waals surface area contributed by atoms with Gasteiger partial charge in [0.1, 0.15) is 0 Å². The van der Waals surface area contributed by atoms with Crippen LogP contribution in [0, 0.1) is 0 Å². The summed E-state index contributed by atoms with van der Waals surface area (Å²) in [6.07, 6.45) is 1.05. The lowest BCUT2D eigenvalue weighted by atomic mass is 10.1. The summed E-state index contributed by atoms with van der Waals surface area (Å²) in [6, 6.07) is 18.7. The monoisotopic (exact) mass is 275 g/mol. The highest BCUT2D eigenvalue weighted by Gasteiger charge is 1.94. The van der Waals surface area contributed by atoms with Gasteiger partial charge in [-0.15, -0.1) is 0 Å². The Kier molecular flexibility index (Phi) is 4.00. The first-order valence-electron chi connectivity index (χ1n) is 5.38. The molecule has 0 aliphatic carbocycles. The van der Waals surface area contributed by atoms with Crippen LogP contribution in [0.5, 0.6) is 0 Å². The zero-order valence-electron chi connectivity index (χ0n) is 8.99. The van der Waals surface area contributed by atoms with Crippen molar-refractivity contribution in [1.82, 2.24) is 0 Å². The number of hydrogen-bond acceptors (Lipinski definition) is 1. The minimum Gasteiger partial charge on any atom is -0.385 e. The lowest BCUT2D eigenvalue weighted by molar-refractivity contribution is 1.02. The normalized spacial score (nSPS) is 10.1. The Bertz CT molecular complexity index is 439. The van der Waals surface area contributed by atoms with Crippen molar-refractivity contribution in [1.29, 1.82) is 0 Å². The predicted octanol–water partition coefficient (Wildman–Crippen LogP) is 4.10. The van der Waals surface area contributed by atoms with E-state index in [4.69, 9.17) is 0 Å². The molecule has 2 rings (SSSR count). The number of halogens is 1. The molecule has 0 aromatic heterocycles. The minimum absolute atomic E-state index is 0.959. The molecular formula is C14H14BrN. The van der Waals surface area contributed by atoms with E-state index in [1.54, 1.807) is 0 Å². The molecule has 0 aliphatic rings. The molecule has 82 valence electrons. The smallest absolute Gasteiger partial charge is 0.0351 e. The SMILES string of the molecule is Brc1cccc(NCCc2ccccc2)c1. The van der Waals surface area contributed by atoms with E-state index in [0.29, 0.717) is 0 Å². The first-order valence-corrected chi connectivity index (χ1v) is 6.17. The van der Waals surface area contributed by atoms with Gasteiger partial charge in [-0.25, -0.2) is 0 Å². The summed E-state index contributed by atoms with van der Waals surface area (Å²) in [7, 11) is 0. The second kappa shape index (κ2) is 5.71. The summed E-state index contributed by atoms with van der Waals surface area (Å²) in [4.78, 5) is 0. The van der Waals surface area contributed by atoms with Crippen LogP contribution in [0.15, 0.2) is 59.1 Å². The molecule has 0 fully saturated rings. The average Bonchev–Trinajstić information content (AvgIpc) is 2.30. The van der Waals surface area contributed by atoms with Crippen molar-refractivity contribution in [3.05, 3.63) is 64.6 Å². The van der Waals surface area contributed by atoms with Crippen molar-refractivity contribution >= 4 is 21.6 Å². The molecule has 0 amide bonds. The third-order valence-electron chi connectivity index (χ3n) is 2.41. The highest BCUT2D eigenvalue weighted by Crippen LogP contribution is 2.15. The Morgan fingerprint density at radius 2 is 1.75 bits per heavy atom. The van der Waals surface area contributed by atoms with Crippen LogP contribution < -0.4 is 5.32 Å². The summed E-state index contributed by atoms with van der Waals surface area (Å²) in [5, 5.41) is 3.40. The van der Waals surface area contributed by atoms with E-state index in [1.165, 1.54) is 5.56 Å². The van der Waals surface area contributed by atoms with Gasteiger partial charge in [-0.2, -0.15) is 0 Å². The molecule has 0 atom stereocenters. The van der Waals surface area contributed by atoms with E-state index in [0.717, 1.165) is 23.1 Å². The Morgan fingerprint density at radius 3 is 2.50 bits per heavy atom. The number of anilines is 1. The van der Waals surface area contributed by atoms with E-state index >= 15 is 0 Å². The molecule has 0 bridgehead atoms. The van der Waals surface area contributed by atoms with E-state index in [2.05, 4.69) is 57.6 Å². The van der Waals surface area contributed by atoms with Crippen LogP contribution in [0.2, 0.25) is 0 Å². The van der Waals surface area contributed by atoms with Crippen LogP contribution in [-0.2, 0) is 6.42 Å². The van der Waals surface area contributed by atoms with Crippen LogP contribution in [0.4, 0.5) is 5.69 Å². The molecule has 0 spiro atoms. The Balaban J connectivity index is 1.85. The van der Waals surface area contributed by atoms with Crippen molar-refractivity contribution in [3.63, 3.8) is 0 Å². The molecule has 0 aliphatic heterocycles. The van der Waals surface area contributed by atoms with Crippen LogP contribution >= 0.6 is 15.9 Å². The summed E-state index contributed by atoms with van der Waals surface area (Å²) in [5.41, 5.74) is 2.52. The predicted molar refractivity (Wildman–Crippen MR) is 72.8 cm³/mol.